The third-order valence-corrected chi connectivity index (χ3v) is 9.37. The fraction of sp³-hybridized carbons (Fsp3) is 0.417. The Hall–Kier alpha value is -0.781. The average molecular weight is 478 g/mol. The quantitative estimate of drug-likeness (QED) is 0.267. The molecule has 0 atom stereocenters. The summed E-state index contributed by atoms with van der Waals surface area (Å²) >= 11 is 0.951. The summed E-state index contributed by atoms with van der Waals surface area (Å²) in [5.74, 6) is 0. The van der Waals surface area contributed by atoms with Crippen molar-refractivity contribution in [3.05, 3.63) is 70.1 Å². The van der Waals surface area contributed by atoms with E-state index < -0.39 is 0 Å². The summed E-state index contributed by atoms with van der Waals surface area (Å²) in [5, 5.41) is 0. The van der Waals surface area contributed by atoms with E-state index in [9.17, 15) is 0 Å². The van der Waals surface area contributed by atoms with Gasteiger partial charge in [0.15, 0.2) is 0 Å². The van der Waals surface area contributed by atoms with Gasteiger partial charge in [0.1, 0.15) is 0 Å². The first-order valence-corrected chi connectivity index (χ1v) is 13.6. The number of unbranched alkanes of at least 4 members (excludes halogenated alkanes) is 7. The van der Waals surface area contributed by atoms with Crippen LogP contribution in [-0.2, 0) is 0 Å². The molecule has 0 saturated heterocycles. The third kappa shape index (κ3) is 9.79. The molecule has 0 spiro atoms. The zero-order chi connectivity index (χ0) is 18.3. The van der Waals surface area contributed by atoms with E-state index in [0.717, 1.165) is 0 Å². The van der Waals surface area contributed by atoms with E-state index in [-0.39, 0.29) is 0 Å². The molecule has 0 radical (unpaired) electrons. The van der Waals surface area contributed by atoms with E-state index in [0.29, 0.717) is 29.9 Å². The summed E-state index contributed by atoms with van der Waals surface area (Å²) in [6.07, 6.45) is 12.5. The van der Waals surface area contributed by atoms with Crippen LogP contribution in [0.15, 0.2) is 70.1 Å². The van der Waals surface area contributed by atoms with Crippen molar-refractivity contribution in [2.45, 2.75) is 64.7 Å². The van der Waals surface area contributed by atoms with Gasteiger partial charge in [0.2, 0.25) is 0 Å². The van der Waals surface area contributed by atoms with Gasteiger partial charge in [-0.25, -0.2) is 0 Å². The van der Waals surface area contributed by atoms with Crippen molar-refractivity contribution in [3.63, 3.8) is 0 Å². The second-order valence-electron chi connectivity index (χ2n) is 6.66. The molecule has 2 aromatic carbocycles. The van der Waals surface area contributed by atoms with Gasteiger partial charge in [-0.1, -0.05) is 0 Å². The molecule has 0 saturated carbocycles. The predicted octanol–water partition coefficient (Wildman–Crippen LogP) is 5.42. The normalized spacial score (nSPS) is 11.7. The fourth-order valence-electron chi connectivity index (χ4n) is 2.84. The van der Waals surface area contributed by atoms with Crippen molar-refractivity contribution in [1.29, 1.82) is 0 Å². The SMILES string of the molecule is CCCCCCCCCC/C(=C\[Se]c1ccccc1)[Se]c1ccccc1. The van der Waals surface area contributed by atoms with E-state index in [1.165, 1.54) is 66.7 Å². The van der Waals surface area contributed by atoms with Gasteiger partial charge in [-0.15, -0.1) is 0 Å². The minimum absolute atomic E-state index is 0.466. The first-order chi connectivity index (χ1) is 12.9. The maximum absolute atomic E-state index is 2.57. The van der Waals surface area contributed by atoms with Crippen LogP contribution in [0.5, 0.6) is 0 Å². The number of hydrogen-bond acceptors (Lipinski definition) is 0. The number of rotatable bonds is 13. The van der Waals surface area contributed by atoms with Gasteiger partial charge in [0.25, 0.3) is 0 Å². The molecule has 2 rings (SSSR count). The van der Waals surface area contributed by atoms with Gasteiger partial charge in [-0.3, -0.25) is 0 Å². The molecule has 26 heavy (non-hydrogen) atoms. The summed E-state index contributed by atoms with van der Waals surface area (Å²) in [6.45, 7) is 2.29. The molecule has 0 aliphatic heterocycles. The van der Waals surface area contributed by atoms with E-state index in [1.54, 1.807) is 4.47 Å². The van der Waals surface area contributed by atoms with E-state index >= 15 is 0 Å². The molecule has 0 nitrogen and oxygen atoms in total. The van der Waals surface area contributed by atoms with Gasteiger partial charge in [0, 0.05) is 0 Å². The molecule has 0 aliphatic rings. The summed E-state index contributed by atoms with van der Waals surface area (Å²) in [5.41, 5.74) is 0. The molecule has 0 amide bonds. The van der Waals surface area contributed by atoms with Crippen molar-refractivity contribution in [3.8, 4) is 0 Å². The van der Waals surface area contributed by atoms with E-state index in [1.807, 2.05) is 0 Å². The van der Waals surface area contributed by atoms with Crippen LogP contribution in [0.25, 0.3) is 0 Å². The number of benzene rings is 2. The molecule has 0 aliphatic carbocycles. The van der Waals surface area contributed by atoms with Gasteiger partial charge >= 0.3 is 174 Å². The van der Waals surface area contributed by atoms with Gasteiger partial charge in [-0.2, -0.15) is 0 Å². The molecule has 2 heteroatoms. The number of hydrogen-bond donors (Lipinski definition) is 0. The predicted molar refractivity (Wildman–Crippen MR) is 119 cm³/mol. The Labute approximate surface area is 173 Å². The molecule has 0 aromatic heterocycles. The standard InChI is InChI=1S/C24H32Se2/c1-2-3-4-5-6-7-8-11-20-24(26-23-18-14-10-15-19-23)21-25-22-16-12-9-13-17-22/h9-10,12-19,21H,2-8,11,20H2,1H3/b24-21+. The molecule has 0 N–H and O–H groups in total. The third-order valence-electron chi connectivity index (χ3n) is 4.34. The van der Waals surface area contributed by atoms with Crippen LogP contribution in [0.2, 0.25) is 0 Å². The Kier molecular flexibility index (Phi) is 11.8. The summed E-state index contributed by atoms with van der Waals surface area (Å²) < 4.78 is 4.69. The first kappa shape index (κ1) is 21.5. The second-order valence-corrected chi connectivity index (χ2v) is 11.2. The monoisotopic (exact) mass is 480 g/mol. The van der Waals surface area contributed by atoms with Gasteiger partial charge in [0.05, 0.1) is 0 Å². The molecule has 0 bridgehead atoms. The topological polar surface area (TPSA) is 0 Å². The van der Waals surface area contributed by atoms with E-state index in [4.69, 9.17) is 0 Å². The minimum atomic E-state index is 0.466. The Bertz CT molecular complexity index is 605. The molecule has 140 valence electrons. The Morgan fingerprint density at radius 3 is 1.85 bits per heavy atom. The molecular weight excluding hydrogens is 446 g/mol. The average Bonchev–Trinajstić information content (AvgIpc) is 2.69. The molecule has 0 unspecified atom stereocenters. The summed E-state index contributed by atoms with van der Waals surface area (Å²) in [7, 11) is 0. The van der Waals surface area contributed by atoms with Crippen molar-refractivity contribution < 1.29 is 0 Å². The van der Waals surface area contributed by atoms with Crippen molar-refractivity contribution in [2.75, 3.05) is 0 Å². The second kappa shape index (κ2) is 14.3. The molecule has 0 fully saturated rings. The van der Waals surface area contributed by atoms with Crippen LogP contribution in [0.1, 0.15) is 64.7 Å². The van der Waals surface area contributed by atoms with Crippen molar-refractivity contribution >= 4 is 38.8 Å². The van der Waals surface area contributed by atoms with E-state index in [2.05, 4.69) is 72.6 Å². The zero-order valence-corrected chi connectivity index (χ0v) is 19.5. The van der Waals surface area contributed by atoms with Crippen LogP contribution < -0.4 is 8.92 Å². The maximum atomic E-state index is 2.57. The van der Waals surface area contributed by atoms with Crippen LogP contribution in [0.3, 0.4) is 0 Å². The molecular formula is C24H32Se2. The molecule has 2 aromatic rings. The number of allylic oxidation sites excluding steroid dienone is 1. The summed E-state index contributed by atoms with van der Waals surface area (Å²) in [6, 6.07) is 22.0. The summed E-state index contributed by atoms with van der Waals surface area (Å²) in [4.78, 5) is 2.57. The zero-order valence-electron chi connectivity index (χ0n) is 16.0. The van der Waals surface area contributed by atoms with Crippen molar-refractivity contribution in [2.24, 2.45) is 0 Å². The van der Waals surface area contributed by atoms with Crippen LogP contribution >= 0.6 is 0 Å². The van der Waals surface area contributed by atoms with Gasteiger partial charge in [-0.05, 0) is 0 Å². The van der Waals surface area contributed by atoms with Crippen molar-refractivity contribution in [1.82, 2.24) is 0 Å². The molecule has 0 heterocycles. The fourth-order valence-corrected chi connectivity index (χ4v) is 7.23. The Balaban J connectivity index is 1.79. The first-order valence-electron chi connectivity index (χ1n) is 10.0. The Morgan fingerprint density at radius 1 is 0.692 bits per heavy atom. The van der Waals surface area contributed by atoms with Gasteiger partial charge < -0.3 is 0 Å². The van der Waals surface area contributed by atoms with Crippen LogP contribution in [0.4, 0.5) is 0 Å². The van der Waals surface area contributed by atoms with Crippen LogP contribution in [0, 0.1) is 0 Å². The van der Waals surface area contributed by atoms with Crippen LogP contribution in [-0.4, -0.2) is 29.9 Å². The Morgan fingerprint density at radius 2 is 1.23 bits per heavy atom.